The molecule has 0 spiro atoms. The first-order valence-corrected chi connectivity index (χ1v) is 5.45. The third kappa shape index (κ3) is 5.58. The van der Waals surface area contributed by atoms with E-state index in [-0.39, 0.29) is 5.75 Å². The van der Waals surface area contributed by atoms with E-state index in [1.807, 2.05) is 13.8 Å². The zero-order valence-corrected chi connectivity index (χ0v) is 9.84. The summed E-state index contributed by atoms with van der Waals surface area (Å²) < 4.78 is 40.4. The number of ether oxygens (including phenoxy) is 1. The number of alkyl halides is 3. The molecule has 0 aliphatic heterocycles. The van der Waals surface area contributed by atoms with Crippen molar-refractivity contribution in [2.75, 3.05) is 6.54 Å². The first-order valence-electron chi connectivity index (χ1n) is 5.45. The summed E-state index contributed by atoms with van der Waals surface area (Å²) in [6.07, 6.45) is -4.13. The molecule has 0 fully saturated rings. The second-order valence-corrected chi connectivity index (χ2v) is 4.01. The van der Waals surface area contributed by atoms with Crippen LogP contribution in [0.4, 0.5) is 13.2 Å². The van der Waals surface area contributed by atoms with Crippen LogP contribution in [0.3, 0.4) is 0 Å². The molecular formula is C12H16F3NO. The molecule has 0 aliphatic carbocycles. The fourth-order valence-electron chi connectivity index (χ4n) is 1.43. The molecule has 0 aromatic heterocycles. The molecule has 0 amide bonds. The number of hydrogen-bond acceptors (Lipinski definition) is 2. The van der Waals surface area contributed by atoms with Crippen molar-refractivity contribution in [3.8, 4) is 5.75 Å². The SMILES string of the molecule is CC(C)NCCc1ccccc1OC(F)(F)F. The van der Waals surface area contributed by atoms with E-state index in [1.54, 1.807) is 12.1 Å². The van der Waals surface area contributed by atoms with Crippen LogP contribution < -0.4 is 10.1 Å². The molecule has 0 bridgehead atoms. The number of nitrogens with one attached hydrogen (secondary N) is 1. The lowest BCUT2D eigenvalue weighted by molar-refractivity contribution is -0.274. The third-order valence-corrected chi connectivity index (χ3v) is 2.15. The van der Waals surface area contributed by atoms with Crippen molar-refractivity contribution < 1.29 is 17.9 Å². The number of para-hydroxylation sites is 1. The van der Waals surface area contributed by atoms with Gasteiger partial charge in [-0.1, -0.05) is 32.0 Å². The van der Waals surface area contributed by atoms with Crippen LogP contribution in [-0.4, -0.2) is 18.9 Å². The minimum atomic E-state index is -4.64. The normalized spacial score (nSPS) is 11.9. The predicted octanol–water partition coefficient (Wildman–Crippen LogP) is 3.13. The highest BCUT2D eigenvalue weighted by atomic mass is 19.4. The molecule has 0 saturated carbocycles. The molecule has 1 N–H and O–H groups in total. The highest BCUT2D eigenvalue weighted by Crippen LogP contribution is 2.26. The van der Waals surface area contributed by atoms with Crippen molar-refractivity contribution in [2.24, 2.45) is 0 Å². The van der Waals surface area contributed by atoms with E-state index in [1.165, 1.54) is 12.1 Å². The molecule has 0 radical (unpaired) electrons. The van der Waals surface area contributed by atoms with E-state index in [4.69, 9.17) is 0 Å². The predicted molar refractivity (Wildman–Crippen MR) is 60.0 cm³/mol. The molecule has 0 saturated heterocycles. The van der Waals surface area contributed by atoms with E-state index in [9.17, 15) is 13.2 Å². The standard InChI is InChI=1S/C12H16F3NO/c1-9(2)16-8-7-10-5-3-4-6-11(10)17-12(13,14)15/h3-6,9,16H,7-8H2,1-2H3. The molecule has 0 unspecified atom stereocenters. The van der Waals surface area contributed by atoms with Gasteiger partial charge in [0.1, 0.15) is 5.75 Å². The van der Waals surface area contributed by atoms with Crippen LogP contribution in [-0.2, 0) is 6.42 Å². The summed E-state index contributed by atoms with van der Waals surface area (Å²) in [6.45, 7) is 4.59. The molecule has 1 aromatic rings. The molecule has 1 rings (SSSR count). The Morgan fingerprint density at radius 3 is 2.47 bits per heavy atom. The van der Waals surface area contributed by atoms with Crippen molar-refractivity contribution in [1.82, 2.24) is 5.32 Å². The van der Waals surface area contributed by atoms with Gasteiger partial charge in [0.25, 0.3) is 0 Å². The molecule has 1 aromatic carbocycles. The summed E-state index contributed by atoms with van der Waals surface area (Å²) in [6, 6.07) is 6.51. The minimum Gasteiger partial charge on any atom is -0.406 e. The third-order valence-electron chi connectivity index (χ3n) is 2.15. The van der Waals surface area contributed by atoms with Gasteiger partial charge in [-0.15, -0.1) is 13.2 Å². The Labute approximate surface area is 98.8 Å². The Hall–Kier alpha value is -1.23. The van der Waals surface area contributed by atoms with Gasteiger partial charge >= 0.3 is 6.36 Å². The lowest BCUT2D eigenvalue weighted by atomic mass is 10.1. The molecule has 96 valence electrons. The Morgan fingerprint density at radius 2 is 1.88 bits per heavy atom. The van der Waals surface area contributed by atoms with Gasteiger partial charge in [0.05, 0.1) is 0 Å². The van der Waals surface area contributed by atoms with Gasteiger partial charge in [0.2, 0.25) is 0 Å². The largest absolute Gasteiger partial charge is 0.573 e. The molecular weight excluding hydrogens is 231 g/mol. The number of rotatable bonds is 5. The first-order chi connectivity index (χ1) is 7.88. The fourth-order valence-corrected chi connectivity index (χ4v) is 1.43. The molecule has 0 atom stereocenters. The second kappa shape index (κ2) is 5.91. The van der Waals surface area contributed by atoms with Crippen LogP contribution in [0.25, 0.3) is 0 Å². The van der Waals surface area contributed by atoms with E-state index in [0.29, 0.717) is 24.6 Å². The van der Waals surface area contributed by atoms with Gasteiger partial charge in [0, 0.05) is 6.04 Å². The monoisotopic (exact) mass is 247 g/mol. The van der Waals surface area contributed by atoms with Crippen molar-refractivity contribution in [3.63, 3.8) is 0 Å². The maximum atomic E-state index is 12.1. The lowest BCUT2D eigenvalue weighted by Crippen LogP contribution is -2.25. The van der Waals surface area contributed by atoms with Gasteiger partial charge in [-0.05, 0) is 24.6 Å². The summed E-state index contributed by atoms with van der Waals surface area (Å²) in [5, 5.41) is 3.15. The maximum absolute atomic E-state index is 12.1. The number of halogens is 3. The van der Waals surface area contributed by atoms with Crippen LogP contribution in [0.1, 0.15) is 19.4 Å². The van der Waals surface area contributed by atoms with Crippen molar-refractivity contribution >= 4 is 0 Å². The zero-order chi connectivity index (χ0) is 12.9. The highest BCUT2D eigenvalue weighted by molar-refractivity contribution is 5.33. The molecule has 17 heavy (non-hydrogen) atoms. The number of benzene rings is 1. The van der Waals surface area contributed by atoms with Crippen LogP contribution in [0.5, 0.6) is 5.75 Å². The average molecular weight is 247 g/mol. The molecule has 0 aliphatic rings. The Bertz CT molecular complexity index is 350. The van der Waals surface area contributed by atoms with Crippen molar-refractivity contribution in [2.45, 2.75) is 32.7 Å². The average Bonchev–Trinajstić information content (AvgIpc) is 2.17. The van der Waals surface area contributed by atoms with Gasteiger partial charge in [0.15, 0.2) is 0 Å². The van der Waals surface area contributed by atoms with Crippen molar-refractivity contribution in [3.05, 3.63) is 29.8 Å². The topological polar surface area (TPSA) is 21.3 Å². The van der Waals surface area contributed by atoms with E-state index >= 15 is 0 Å². The van der Waals surface area contributed by atoms with Crippen LogP contribution in [0.15, 0.2) is 24.3 Å². The number of hydrogen-bond donors (Lipinski definition) is 1. The lowest BCUT2D eigenvalue weighted by Gasteiger charge is -2.14. The van der Waals surface area contributed by atoms with Crippen LogP contribution in [0, 0.1) is 0 Å². The molecule has 0 heterocycles. The summed E-state index contributed by atoms with van der Waals surface area (Å²) in [5.41, 5.74) is 0.554. The van der Waals surface area contributed by atoms with Crippen LogP contribution in [0.2, 0.25) is 0 Å². The van der Waals surface area contributed by atoms with Gasteiger partial charge < -0.3 is 10.1 Å². The van der Waals surface area contributed by atoms with Gasteiger partial charge in [-0.3, -0.25) is 0 Å². The smallest absolute Gasteiger partial charge is 0.406 e. The molecule has 2 nitrogen and oxygen atoms in total. The Morgan fingerprint density at radius 1 is 1.24 bits per heavy atom. The quantitative estimate of drug-likeness (QED) is 0.863. The van der Waals surface area contributed by atoms with Gasteiger partial charge in [-0.25, -0.2) is 0 Å². The molecule has 5 heteroatoms. The Balaban J connectivity index is 2.64. The minimum absolute atomic E-state index is 0.120. The van der Waals surface area contributed by atoms with Crippen LogP contribution >= 0.6 is 0 Å². The summed E-state index contributed by atoms with van der Waals surface area (Å²) in [7, 11) is 0. The zero-order valence-electron chi connectivity index (χ0n) is 9.84. The second-order valence-electron chi connectivity index (χ2n) is 4.01. The first kappa shape index (κ1) is 13.8. The van der Waals surface area contributed by atoms with Crippen molar-refractivity contribution in [1.29, 1.82) is 0 Å². The van der Waals surface area contributed by atoms with Gasteiger partial charge in [-0.2, -0.15) is 0 Å². The Kier molecular flexibility index (Phi) is 4.81. The highest BCUT2D eigenvalue weighted by Gasteiger charge is 2.31. The van der Waals surface area contributed by atoms with E-state index in [2.05, 4.69) is 10.1 Å². The van der Waals surface area contributed by atoms with E-state index in [0.717, 1.165) is 0 Å². The summed E-state index contributed by atoms with van der Waals surface area (Å²) >= 11 is 0. The van der Waals surface area contributed by atoms with E-state index < -0.39 is 6.36 Å². The fraction of sp³-hybridized carbons (Fsp3) is 0.500. The summed E-state index contributed by atoms with van der Waals surface area (Å²) in [5.74, 6) is -0.120. The maximum Gasteiger partial charge on any atom is 0.573 e. The summed E-state index contributed by atoms with van der Waals surface area (Å²) in [4.78, 5) is 0.